The minimum absolute atomic E-state index is 0.260. The van der Waals surface area contributed by atoms with E-state index in [1.165, 1.54) is 12.1 Å². The quantitative estimate of drug-likeness (QED) is 0.485. The zero-order valence-corrected chi connectivity index (χ0v) is 13.9. The number of nitrogens with zero attached hydrogens (tertiary/aromatic N) is 4. The second-order valence-corrected chi connectivity index (χ2v) is 5.22. The maximum Gasteiger partial charge on any atom is 0.202 e. The van der Waals surface area contributed by atoms with E-state index >= 15 is 0 Å². The maximum absolute atomic E-state index is 13.1. The standard InChI is InChI=1S/C17H23FN4O/c1-5-16(20(3)15-8-6-14(18)7-9-15)21(4)17(19-2)22-10-12-23-13-11-22/h6-9H,1,10-13H2,2-4H3. The molecule has 0 amide bonds. The number of hydrogen-bond acceptors (Lipinski definition) is 3. The van der Waals surface area contributed by atoms with Crippen LogP contribution >= 0.6 is 0 Å². The minimum Gasteiger partial charge on any atom is -0.378 e. The lowest BCUT2D eigenvalue weighted by Gasteiger charge is -2.37. The highest BCUT2D eigenvalue weighted by atomic mass is 19.1. The van der Waals surface area contributed by atoms with Crippen molar-refractivity contribution in [2.75, 3.05) is 52.3 Å². The van der Waals surface area contributed by atoms with E-state index < -0.39 is 0 Å². The fourth-order valence-corrected chi connectivity index (χ4v) is 2.61. The van der Waals surface area contributed by atoms with Crippen LogP contribution in [0.25, 0.3) is 0 Å². The highest BCUT2D eigenvalue weighted by Crippen LogP contribution is 2.20. The Morgan fingerprint density at radius 2 is 1.87 bits per heavy atom. The van der Waals surface area contributed by atoms with E-state index in [4.69, 9.17) is 4.74 Å². The third-order valence-electron chi connectivity index (χ3n) is 3.80. The third kappa shape index (κ3) is 3.92. The van der Waals surface area contributed by atoms with Gasteiger partial charge < -0.3 is 14.5 Å². The third-order valence-corrected chi connectivity index (χ3v) is 3.80. The first kappa shape index (κ1) is 17.1. The summed E-state index contributed by atoms with van der Waals surface area (Å²) in [6.45, 7) is 6.75. The van der Waals surface area contributed by atoms with Crippen LogP contribution in [0.15, 0.2) is 47.4 Å². The van der Waals surface area contributed by atoms with Gasteiger partial charge in [-0.15, -0.1) is 0 Å². The van der Waals surface area contributed by atoms with Gasteiger partial charge in [0.05, 0.1) is 13.2 Å². The minimum atomic E-state index is -0.260. The molecule has 0 N–H and O–H groups in total. The summed E-state index contributed by atoms with van der Waals surface area (Å²) >= 11 is 0. The average Bonchev–Trinajstić information content (AvgIpc) is 2.57. The fourth-order valence-electron chi connectivity index (χ4n) is 2.61. The van der Waals surface area contributed by atoms with E-state index in [2.05, 4.69) is 22.2 Å². The van der Waals surface area contributed by atoms with Gasteiger partial charge in [0.15, 0.2) is 5.82 Å². The highest BCUT2D eigenvalue weighted by Gasteiger charge is 2.22. The van der Waals surface area contributed by atoms with Crippen molar-refractivity contribution in [2.24, 2.45) is 4.99 Å². The Labute approximate surface area is 137 Å². The molecule has 1 fully saturated rings. The lowest BCUT2D eigenvalue weighted by molar-refractivity contribution is 0.0639. The SMILES string of the molecule is C=C=C(N(C)C(=NC)N1CCOCC1)N(C)c1ccc(F)cc1. The van der Waals surface area contributed by atoms with E-state index in [-0.39, 0.29) is 5.82 Å². The van der Waals surface area contributed by atoms with Crippen LogP contribution < -0.4 is 4.90 Å². The molecule has 0 aromatic heterocycles. The van der Waals surface area contributed by atoms with Crippen LogP contribution in [0.5, 0.6) is 0 Å². The molecule has 0 bridgehead atoms. The summed E-state index contributed by atoms with van der Waals surface area (Å²) in [5, 5.41) is 0. The molecule has 1 aromatic carbocycles. The van der Waals surface area contributed by atoms with Crippen LogP contribution in [-0.4, -0.2) is 63.2 Å². The smallest absolute Gasteiger partial charge is 0.202 e. The van der Waals surface area contributed by atoms with E-state index in [0.717, 1.165) is 30.6 Å². The molecule has 124 valence electrons. The molecular formula is C17H23FN4O. The molecule has 6 heteroatoms. The van der Waals surface area contributed by atoms with Gasteiger partial charge in [-0.1, -0.05) is 12.3 Å². The second kappa shape index (κ2) is 7.81. The Kier molecular flexibility index (Phi) is 5.79. The van der Waals surface area contributed by atoms with Crippen LogP contribution in [-0.2, 0) is 4.74 Å². The van der Waals surface area contributed by atoms with Crippen LogP contribution in [0.1, 0.15) is 0 Å². The molecule has 0 saturated carbocycles. The molecule has 23 heavy (non-hydrogen) atoms. The molecule has 0 spiro atoms. The number of hydrogen-bond donors (Lipinski definition) is 0. The van der Waals surface area contributed by atoms with Crippen molar-refractivity contribution in [3.8, 4) is 0 Å². The molecule has 2 rings (SSSR count). The number of rotatable bonds is 3. The topological polar surface area (TPSA) is 31.3 Å². The van der Waals surface area contributed by atoms with E-state index in [1.54, 1.807) is 19.2 Å². The maximum atomic E-state index is 13.1. The summed E-state index contributed by atoms with van der Waals surface area (Å²) in [5.74, 6) is 1.31. The normalized spacial score (nSPS) is 15.1. The van der Waals surface area contributed by atoms with Crippen LogP contribution in [0.2, 0.25) is 0 Å². The summed E-state index contributed by atoms with van der Waals surface area (Å²) in [6.07, 6.45) is 0. The van der Waals surface area contributed by atoms with Gasteiger partial charge in [0.25, 0.3) is 0 Å². The molecule has 0 atom stereocenters. The monoisotopic (exact) mass is 318 g/mol. The summed E-state index contributed by atoms with van der Waals surface area (Å²) in [4.78, 5) is 10.4. The van der Waals surface area contributed by atoms with Crippen molar-refractivity contribution in [1.29, 1.82) is 0 Å². The van der Waals surface area contributed by atoms with Crippen molar-refractivity contribution in [2.45, 2.75) is 0 Å². The van der Waals surface area contributed by atoms with Gasteiger partial charge in [-0.2, -0.15) is 0 Å². The van der Waals surface area contributed by atoms with E-state index in [9.17, 15) is 4.39 Å². The van der Waals surface area contributed by atoms with Crippen molar-refractivity contribution in [3.05, 3.63) is 48.2 Å². The van der Waals surface area contributed by atoms with Gasteiger partial charge in [0, 0.05) is 39.9 Å². The van der Waals surface area contributed by atoms with E-state index in [0.29, 0.717) is 13.2 Å². The largest absolute Gasteiger partial charge is 0.378 e. The first-order chi connectivity index (χ1) is 11.1. The zero-order valence-electron chi connectivity index (χ0n) is 13.9. The van der Waals surface area contributed by atoms with Gasteiger partial charge in [-0.3, -0.25) is 9.89 Å². The van der Waals surface area contributed by atoms with Crippen molar-refractivity contribution in [3.63, 3.8) is 0 Å². The molecule has 0 aliphatic carbocycles. The van der Waals surface area contributed by atoms with Crippen LogP contribution in [0.4, 0.5) is 10.1 Å². The molecule has 5 nitrogen and oxygen atoms in total. The van der Waals surface area contributed by atoms with Crippen LogP contribution in [0, 0.1) is 5.82 Å². The lowest BCUT2D eigenvalue weighted by Crippen LogP contribution is -2.49. The Balaban J connectivity index is 2.21. The van der Waals surface area contributed by atoms with Crippen molar-refractivity contribution in [1.82, 2.24) is 9.80 Å². The molecular weight excluding hydrogens is 295 g/mol. The van der Waals surface area contributed by atoms with Gasteiger partial charge in [0.1, 0.15) is 5.82 Å². The molecule has 1 aliphatic heterocycles. The van der Waals surface area contributed by atoms with E-state index in [1.807, 2.05) is 23.9 Å². The predicted molar refractivity (Wildman–Crippen MR) is 91.0 cm³/mol. The Bertz CT molecular complexity index is 602. The number of benzene rings is 1. The fraction of sp³-hybridized carbons (Fsp3) is 0.412. The average molecular weight is 318 g/mol. The number of halogens is 1. The Morgan fingerprint density at radius 3 is 2.39 bits per heavy atom. The molecule has 0 radical (unpaired) electrons. The molecule has 1 aromatic rings. The molecule has 0 unspecified atom stereocenters. The lowest BCUT2D eigenvalue weighted by atomic mass is 10.3. The van der Waals surface area contributed by atoms with Gasteiger partial charge in [-0.05, 0) is 24.3 Å². The second-order valence-electron chi connectivity index (χ2n) is 5.22. The van der Waals surface area contributed by atoms with Gasteiger partial charge >= 0.3 is 0 Å². The zero-order chi connectivity index (χ0) is 16.8. The number of aliphatic imine (C=N–C) groups is 1. The van der Waals surface area contributed by atoms with Crippen molar-refractivity contribution < 1.29 is 9.13 Å². The number of guanidine groups is 1. The summed E-state index contributed by atoms with van der Waals surface area (Å²) in [7, 11) is 5.58. The number of ether oxygens (including phenoxy) is 1. The van der Waals surface area contributed by atoms with Crippen molar-refractivity contribution >= 4 is 11.6 Å². The summed E-state index contributed by atoms with van der Waals surface area (Å²) in [6, 6.07) is 6.31. The first-order valence-electron chi connectivity index (χ1n) is 7.51. The van der Waals surface area contributed by atoms with Gasteiger partial charge in [0.2, 0.25) is 5.96 Å². The Hall–Kier alpha value is -2.30. The molecule has 1 heterocycles. The molecule has 1 saturated heterocycles. The van der Waals surface area contributed by atoms with Gasteiger partial charge in [-0.25, -0.2) is 4.39 Å². The summed E-state index contributed by atoms with van der Waals surface area (Å²) in [5.41, 5.74) is 3.80. The highest BCUT2D eigenvalue weighted by molar-refractivity contribution is 5.82. The number of anilines is 1. The molecule has 1 aliphatic rings. The predicted octanol–water partition coefficient (Wildman–Crippen LogP) is 2.14. The first-order valence-corrected chi connectivity index (χ1v) is 7.51. The number of morpholine rings is 1. The Morgan fingerprint density at radius 1 is 1.26 bits per heavy atom. The summed E-state index contributed by atoms with van der Waals surface area (Å²) < 4.78 is 18.5. The van der Waals surface area contributed by atoms with Crippen LogP contribution in [0.3, 0.4) is 0 Å².